The molecule has 1 aliphatic rings. The van der Waals surface area contributed by atoms with Crippen LogP contribution in [0.25, 0.3) is 0 Å². The van der Waals surface area contributed by atoms with Crippen molar-refractivity contribution >= 4 is 22.4 Å². The number of guanidine groups is 1. The Bertz CT molecular complexity index is 765. The molecule has 0 amide bonds. The van der Waals surface area contributed by atoms with Crippen LogP contribution in [-0.2, 0) is 10.8 Å². The molecule has 0 fully saturated rings. The van der Waals surface area contributed by atoms with Crippen LogP contribution in [0.1, 0.15) is 6.42 Å². The lowest BCUT2D eigenvalue weighted by molar-refractivity contribution is 0.297. The molecule has 1 aliphatic heterocycles. The van der Waals surface area contributed by atoms with E-state index in [9.17, 15) is 4.21 Å². The van der Waals surface area contributed by atoms with Gasteiger partial charge in [-0.25, -0.2) is 0 Å². The topological polar surface area (TPSA) is 85.9 Å². The fraction of sp³-hybridized carbons (Fsp3) is 0.278. The van der Waals surface area contributed by atoms with Gasteiger partial charge in [0, 0.05) is 28.8 Å². The molecule has 0 spiro atoms. The van der Waals surface area contributed by atoms with Crippen molar-refractivity contribution in [2.45, 2.75) is 11.3 Å². The van der Waals surface area contributed by atoms with E-state index in [2.05, 4.69) is 10.3 Å². The smallest absolute Gasteiger partial charge is 0.193 e. The van der Waals surface area contributed by atoms with Gasteiger partial charge in [-0.3, -0.25) is 9.20 Å². The number of hydrogen-bond donors (Lipinski definition) is 2. The predicted octanol–water partition coefficient (Wildman–Crippen LogP) is 2.38. The summed E-state index contributed by atoms with van der Waals surface area (Å²) >= 11 is 0. The van der Waals surface area contributed by atoms with Crippen LogP contribution in [0.5, 0.6) is 11.5 Å². The standard InChI is InChI=1S/C18H21N3O3S/c19-18(20-9-12-25(22)15-5-2-1-3-6-15)21-14-7-8-16-17(13-14)24-11-4-10-23-16/h1-3,5-8,13H,4,9-12H2,(H3,19,20,21). The van der Waals surface area contributed by atoms with E-state index >= 15 is 0 Å². The maximum absolute atomic E-state index is 12.1. The molecule has 2 aromatic carbocycles. The number of nitrogens with zero attached hydrogens (tertiary/aromatic N) is 1. The van der Waals surface area contributed by atoms with Crippen molar-refractivity contribution in [3.63, 3.8) is 0 Å². The molecule has 6 nitrogen and oxygen atoms in total. The van der Waals surface area contributed by atoms with Crippen molar-refractivity contribution in [2.75, 3.05) is 30.8 Å². The summed E-state index contributed by atoms with van der Waals surface area (Å²) < 4.78 is 23.4. The molecule has 1 heterocycles. The molecule has 3 rings (SSSR count). The Labute approximate surface area is 149 Å². The van der Waals surface area contributed by atoms with Gasteiger partial charge in [-0.05, 0) is 24.3 Å². The molecule has 0 saturated carbocycles. The zero-order valence-electron chi connectivity index (χ0n) is 13.8. The second-order valence-corrected chi connectivity index (χ2v) is 7.04. The van der Waals surface area contributed by atoms with Crippen LogP contribution in [0.3, 0.4) is 0 Å². The van der Waals surface area contributed by atoms with Crippen LogP contribution in [0.2, 0.25) is 0 Å². The average Bonchev–Trinajstić information content (AvgIpc) is 2.87. The minimum absolute atomic E-state index is 0.277. The van der Waals surface area contributed by atoms with E-state index in [1.807, 2.05) is 48.5 Å². The molecule has 2 aromatic rings. The highest BCUT2D eigenvalue weighted by molar-refractivity contribution is 7.85. The lowest BCUT2D eigenvalue weighted by Gasteiger charge is -2.10. The van der Waals surface area contributed by atoms with Crippen LogP contribution in [0, 0.1) is 0 Å². The van der Waals surface area contributed by atoms with Crippen LogP contribution >= 0.6 is 0 Å². The molecule has 25 heavy (non-hydrogen) atoms. The highest BCUT2D eigenvalue weighted by Crippen LogP contribution is 2.32. The molecule has 132 valence electrons. The van der Waals surface area contributed by atoms with Gasteiger partial charge in [0.2, 0.25) is 0 Å². The molecule has 0 aromatic heterocycles. The summed E-state index contributed by atoms with van der Waals surface area (Å²) in [5.74, 6) is 2.13. The molecule has 1 unspecified atom stereocenters. The third kappa shape index (κ3) is 4.96. The third-order valence-corrected chi connectivity index (χ3v) is 4.94. The predicted molar refractivity (Wildman–Crippen MR) is 99.9 cm³/mol. The highest BCUT2D eigenvalue weighted by atomic mass is 32.2. The lowest BCUT2D eigenvalue weighted by atomic mass is 10.3. The van der Waals surface area contributed by atoms with Crippen molar-refractivity contribution in [3.05, 3.63) is 48.5 Å². The van der Waals surface area contributed by atoms with E-state index in [4.69, 9.17) is 15.2 Å². The van der Waals surface area contributed by atoms with Crippen molar-refractivity contribution in [2.24, 2.45) is 10.7 Å². The molecule has 7 heteroatoms. The van der Waals surface area contributed by atoms with E-state index in [0.717, 1.165) is 22.8 Å². The minimum Gasteiger partial charge on any atom is -0.490 e. The van der Waals surface area contributed by atoms with E-state index in [-0.39, 0.29) is 5.96 Å². The first-order valence-electron chi connectivity index (χ1n) is 8.12. The summed E-state index contributed by atoms with van der Waals surface area (Å²) in [5, 5.41) is 3.02. The zero-order valence-corrected chi connectivity index (χ0v) is 14.6. The summed E-state index contributed by atoms with van der Waals surface area (Å²) in [4.78, 5) is 5.03. The van der Waals surface area contributed by atoms with Gasteiger partial charge < -0.3 is 20.5 Å². The normalized spacial score (nSPS) is 15.3. The van der Waals surface area contributed by atoms with Crippen LogP contribution in [-0.4, -0.2) is 35.7 Å². The van der Waals surface area contributed by atoms with Crippen LogP contribution in [0.15, 0.2) is 58.4 Å². The Balaban J connectivity index is 1.55. The second kappa shape index (κ2) is 8.53. The summed E-state index contributed by atoms with van der Waals surface area (Å²) in [6.45, 7) is 1.66. The highest BCUT2D eigenvalue weighted by Gasteiger charge is 2.11. The lowest BCUT2D eigenvalue weighted by Crippen LogP contribution is -2.23. The Morgan fingerprint density at radius 1 is 1.12 bits per heavy atom. The van der Waals surface area contributed by atoms with Gasteiger partial charge in [0.15, 0.2) is 17.5 Å². The summed E-state index contributed by atoms with van der Waals surface area (Å²) in [6.07, 6.45) is 0.861. The van der Waals surface area contributed by atoms with E-state index in [1.54, 1.807) is 0 Å². The van der Waals surface area contributed by atoms with Crippen molar-refractivity contribution in [3.8, 4) is 11.5 Å². The molecule has 0 radical (unpaired) electrons. The first-order valence-corrected chi connectivity index (χ1v) is 9.44. The van der Waals surface area contributed by atoms with Crippen LogP contribution < -0.4 is 20.5 Å². The molecule has 3 N–H and O–H groups in total. The molecule has 0 bridgehead atoms. The maximum atomic E-state index is 12.1. The summed E-state index contributed by atoms with van der Waals surface area (Å²) in [5.41, 5.74) is 6.68. The third-order valence-electron chi connectivity index (χ3n) is 3.58. The fourth-order valence-electron chi connectivity index (χ4n) is 2.37. The number of aliphatic imine (C=N–C) groups is 1. The van der Waals surface area contributed by atoms with Gasteiger partial charge in [0.1, 0.15) is 0 Å². The van der Waals surface area contributed by atoms with Gasteiger partial charge in [-0.1, -0.05) is 18.2 Å². The Morgan fingerprint density at radius 2 is 1.88 bits per heavy atom. The van der Waals surface area contributed by atoms with E-state index < -0.39 is 10.8 Å². The maximum Gasteiger partial charge on any atom is 0.193 e. The number of hydrogen-bond acceptors (Lipinski definition) is 4. The first kappa shape index (κ1) is 17.3. The summed E-state index contributed by atoms with van der Waals surface area (Å²) in [7, 11) is -1.08. The zero-order chi connectivity index (χ0) is 17.5. The second-order valence-electron chi connectivity index (χ2n) is 5.47. The Hall–Kier alpha value is -2.54. The number of benzene rings is 2. The molecular weight excluding hydrogens is 338 g/mol. The summed E-state index contributed by atoms with van der Waals surface area (Å²) in [6, 6.07) is 14.9. The van der Waals surface area contributed by atoms with Crippen molar-refractivity contribution in [1.29, 1.82) is 0 Å². The SMILES string of the molecule is NC(=NCCS(=O)c1ccccc1)Nc1ccc2c(c1)OCCCO2. The van der Waals surface area contributed by atoms with Gasteiger partial charge >= 0.3 is 0 Å². The number of fused-ring (bicyclic) bond motifs is 1. The number of rotatable bonds is 5. The van der Waals surface area contributed by atoms with Gasteiger partial charge in [0.05, 0.1) is 30.6 Å². The molecule has 0 aliphatic carbocycles. The monoisotopic (exact) mass is 359 g/mol. The van der Waals surface area contributed by atoms with E-state index in [1.165, 1.54) is 0 Å². The molecular formula is C18H21N3O3S. The van der Waals surface area contributed by atoms with Crippen molar-refractivity contribution in [1.82, 2.24) is 0 Å². The van der Waals surface area contributed by atoms with Gasteiger partial charge in [-0.2, -0.15) is 0 Å². The average molecular weight is 359 g/mol. The molecule has 0 saturated heterocycles. The van der Waals surface area contributed by atoms with E-state index in [0.29, 0.717) is 31.3 Å². The largest absolute Gasteiger partial charge is 0.490 e. The number of nitrogens with two attached hydrogens (primary N) is 1. The van der Waals surface area contributed by atoms with Gasteiger partial charge in [0.25, 0.3) is 0 Å². The van der Waals surface area contributed by atoms with Gasteiger partial charge in [-0.15, -0.1) is 0 Å². The number of nitrogens with one attached hydrogen (secondary N) is 1. The molecule has 1 atom stereocenters. The van der Waals surface area contributed by atoms with Crippen LogP contribution in [0.4, 0.5) is 5.69 Å². The van der Waals surface area contributed by atoms with Crippen molar-refractivity contribution < 1.29 is 13.7 Å². The quantitative estimate of drug-likeness (QED) is 0.632. The first-order chi connectivity index (χ1) is 12.2. The Morgan fingerprint density at radius 3 is 2.68 bits per heavy atom. The minimum atomic E-state index is -1.08. The fourth-order valence-corrected chi connectivity index (χ4v) is 3.32. The Kier molecular flexibility index (Phi) is 5.90. The number of ether oxygens (including phenoxy) is 2. The number of anilines is 1.